The summed E-state index contributed by atoms with van der Waals surface area (Å²) in [6.45, 7) is 0.622. The summed E-state index contributed by atoms with van der Waals surface area (Å²) in [5.41, 5.74) is 0. The standard InChI is InChI=1S/C8H13NO3/c10-6-1-2-7-5(3-6)4-9(7)8(11)12/h5-7,10H,1-4H2,(H,11,12). The molecule has 0 radical (unpaired) electrons. The molecule has 2 aliphatic rings. The Labute approximate surface area is 70.8 Å². The van der Waals surface area contributed by atoms with E-state index in [1.807, 2.05) is 0 Å². The van der Waals surface area contributed by atoms with Gasteiger partial charge in [0.25, 0.3) is 0 Å². The lowest BCUT2D eigenvalue weighted by Gasteiger charge is -2.50. The second-order valence-corrected chi connectivity index (χ2v) is 3.73. The van der Waals surface area contributed by atoms with Crippen molar-refractivity contribution in [3.05, 3.63) is 0 Å². The quantitative estimate of drug-likeness (QED) is 0.558. The molecule has 1 aliphatic carbocycles. The summed E-state index contributed by atoms with van der Waals surface area (Å²) in [4.78, 5) is 12.1. The lowest BCUT2D eigenvalue weighted by atomic mass is 9.76. The lowest BCUT2D eigenvalue weighted by Crippen LogP contribution is -2.60. The average molecular weight is 171 g/mol. The Morgan fingerprint density at radius 3 is 2.75 bits per heavy atom. The minimum atomic E-state index is -0.812. The Balaban J connectivity index is 1.94. The minimum absolute atomic E-state index is 0.192. The molecule has 12 heavy (non-hydrogen) atoms. The van der Waals surface area contributed by atoms with Gasteiger partial charge in [0.1, 0.15) is 0 Å². The molecular formula is C8H13NO3. The van der Waals surface area contributed by atoms with Gasteiger partial charge in [-0.25, -0.2) is 4.79 Å². The van der Waals surface area contributed by atoms with E-state index in [-0.39, 0.29) is 12.1 Å². The van der Waals surface area contributed by atoms with E-state index in [2.05, 4.69) is 0 Å². The van der Waals surface area contributed by atoms with Crippen molar-refractivity contribution in [3.63, 3.8) is 0 Å². The molecule has 0 aromatic carbocycles. The van der Waals surface area contributed by atoms with Crippen LogP contribution in [-0.4, -0.2) is 39.9 Å². The Hall–Kier alpha value is -0.770. The Morgan fingerprint density at radius 1 is 1.42 bits per heavy atom. The molecule has 1 heterocycles. The zero-order valence-corrected chi connectivity index (χ0v) is 6.81. The summed E-state index contributed by atoms with van der Waals surface area (Å²) in [5.74, 6) is 0.421. The molecule has 2 N–H and O–H groups in total. The average Bonchev–Trinajstić information content (AvgIpc) is 1.94. The first-order valence-corrected chi connectivity index (χ1v) is 4.36. The molecule has 3 atom stereocenters. The number of aliphatic hydroxyl groups excluding tert-OH is 1. The number of fused-ring (bicyclic) bond motifs is 1. The van der Waals surface area contributed by atoms with Crippen molar-refractivity contribution < 1.29 is 15.0 Å². The van der Waals surface area contributed by atoms with Crippen molar-refractivity contribution >= 4 is 6.09 Å². The van der Waals surface area contributed by atoms with Crippen molar-refractivity contribution in [1.29, 1.82) is 0 Å². The minimum Gasteiger partial charge on any atom is -0.465 e. The molecule has 2 rings (SSSR count). The largest absolute Gasteiger partial charge is 0.465 e. The van der Waals surface area contributed by atoms with Crippen LogP contribution in [0.1, 0.15) is 19.3 Å². The fraction of sp³-hybridized carbons (Fsp3) is 0.875. The van der Waals surface area contributed by atoms with E-state index in [0.717, 1.165) is 19.3 Å². The van der Waals surface area contributed by atoms with Crippen molar-refractivity contribution in [2.45, 2.75) is 31.4 Å². The summed E-state index contributed by atoms with van der Waals surface area (Å²) in [7, 11) is 0. The highest BCUT2D eigenvalue weighted by atomic mass is 16.4. The molecule has 3 unspecified atom stereocenters. The Bertz CT molecular complexity index is 206. The molecule has 2 fully saturated rings. The first-order valence-electron chi connectivity index (χ1n) is 4.36. The van der Waals surface area contributed by atoms with Crippen LogP contribution in [0.25, 0.3) is 0 Å². The molecule has 0 spiro atoms. The molecule has 1 amide bonds. The summed E-state index contributed by atoms with van der Waals surface area (Å²) in [6, 6.07) is 0.200. The molecule has 1 saturated heterocycles. The molecule has 0 bridgehead atoms. The van der Waals surface area contributed by atoms with Gasteiger partial charge in [-0.15, -0.1) is 0 Å². The second kappa shape index (κ2) is 2.62. The maximum Gasteiger partial charge on any atom is 0.407 e. The van der Waals surface area contributed by atoms with Gasteiger partial charge in [-0.3, -0.25) is 0 Å². The number of hydrogen-bond donors (Lipinski definition) is 2. The zero-order valence-electron chi connectivity index (χ0n) is 6.81. The first kappa shape index (κ1) is 7.86. The molecule has 1 aliphatic heterocycles. The number of nitrogens with zero attached hydrogens (tertiary/aromatic N) is 1. The van der Waals surface area contributed by atoms with Gasteiger partial charge in [-0.05, 0) is 25.2 Å². The van der Waals surface area contributed by atoms with Crippen LogP contribution >= 0.6 is 0 Å². The monoisotopic (exact) mass is 171 g/mol. The van der Waals surface area contributed by atoms with Gasteiger partial charge >= 0.3 is 6.09 Å². The molecule has 4 nitrogen and oxygen atoms in total. The number of hydrogen-bond acceptors (Lipinski definition) is 2. The molecule has 0 aromatic heterocycles. The summed E-state index contributed by atoms with van der Waals surface area (Å²) < 4.78 is 0. The maximum absolute atomic E-state index is 10.6. The SMILES string of the molecule is O=C(O)N1CC2CC(O)CCC21. The van der Waals surface area contributed by atoms with Crippen LogP contribution in [0.3, 0.4) is 0 Å². The van der Waals surface area contributed by atoms with Gasteiger partial charge < -0.3 is 15.1 Å². The number of aliphatic hydroxyl groups is 1. The normalized spacial score (nSPS) is 40.1. The van der Waals surface area contributed by atoms with Crippen molar-refractivity contribution in [3.8, 4) is 0 Å². The number of rotatable bonds is 0. The van der Waals surface area contributed by atoms with Gasteiger partial charge in [-0.1, -0.05) is 0 Å². The van der Waals surface area contributed by atoms with E-state index in [0.29, 0.717) is 12.5 Å². The molecule has 4 heteroatoms. The topological polar surface area (TPSA) is 60.8 Å². The van der Waals surface area contributed by atoms with Crippen molar-refractivity contribution in [2.24, 2.45) is 5.92 Å². The van der Waals surface area contributed by atoms with E-state index in [1.165, 1.54) is 4.90 Å². The zero-order chi connectivity index (χ0) is 8.72. The van der Waals surface area contributed by atoms with Crippen LogP contribution < -0.4 is 0 Å². The second-order valence-electron chi connectivity index (χ2n) is 3.73. The lowest BCUT2D eigenvalue weighted by molar-refractivity contribution is -0.0402. The highest BCUT2D eigenvalue weighted by Gasteiger charge is 2.44. The van der Waals surface area contributed by atoms with E-state index < -0.39 is 6.09 Å². The third-order valence-corrected chi connectivity index (χ3v) is 2.99. The van der Waals surface area contributed by atoms with Gasteiger partial charge in [-0.2, -0.15) is 0 Å². The highest BCUT2D eigenvalue weighted by molar-refractivity contribution is 5.66. The van der Waals surface area contributed by atoms with Crippen LogP contribution in [0.5, 0.6) is 0 Å². The molecule has 68 valence electrons. The van der Waals surface area contributed by atoms with Crippen LogP contribution in [-0.2, 0) is 0 Å². The van der Waals surface area contributed by atoms with Crippen molar-refractivity contribution in [1.82, 2.24) is 4.90 Å². The number of carboxylic acid groups (broad SMARTS) is 1. The van der Waals surface area contributed by atoms with Crippen LogP contribution in [0.2, 0.25) is 0 Å². The number of amides is 1. The molecule has 1 saturated carbocycles. The third kappa shape index (κ3) is 1.06. The fourth-order valence-electron chi connectivity index (χ4n) is 2.30. The van der Waals surface area contributed by atoms with E-state index >= 15 is 0 Å². The highest BCUT2D eigenvalue weighted by Crippen LogP contribution is 2.37. The maximum atomic E-state index is 10.6. The van der Waals surface area contributed by atoms with Gasteiger partial charge in [0.15, 0.2) is 0 Å². The van der Waals surface area contributed by atoms with Crippen LogP contribution in [0, 0.1) is 5.92 Å². The van der Waals surface area contributed by atoms with E-state index in [9.17, 15) is 9.90 Å². The first-order chi connectivity index (χ1) is 5.68. The number of likely N-dealkylation sites (tertiary alicyclic amines) is 1. The van der Waals surface area contributed by atoms with Crippen molar-refractivity contribution in [2.75, 3.05) is 6.54 Å². The van der Waals surface area contributed by atoms with E-state index in [1.54, 1.807) is 0 Å². The summed E-state index contributed by atoms with van der Waals surface area (Å²) >= 11 is 0. The number of carbonyl (C=O) groups is 1. The van der Waals surface area contributed by atoms with E-state index in [4.69, 9.17) is 5.11 Å². The fourth-order valence-corrected chi connectivity index (χ4v) is 2.30. The summed E-state index contributed by atoms with van der Waals surface area (Å²) in [6.07, 6.45) is 1.37. The Morgan fingerprint density at radius 2 is 2.17 bits per heavy atom. The third-order valence-electron chi connectivity index (χ3n) is 2.99. The Kier molecular flexibility index (Phi) is 1.72. The predicted octanol–water partition coefficient (Wildman–Crippen LogP) is 0.510. The molecular weight excluding hydrogens is 158 g/mol. The van der Waals surface area contributed by atoms with Gasteiger partial charge in [0.05, 0.1) is 6.10 Å². The summed E-state index contributed by atoms with van der Waals surface area (Å²) in [5, 5.41) is 18.0. The smallest absolute Gasteiger partial charge is 0.407 e. The van der Waals surface area contributed by atoms with Crippen LogP contribution in [0.4, 0.5) is 4.79 Å². The van der Waals surface area contributed by atoms with Gasteiger partial charge in [0, 0.05) is 12.6 Å². The predicted molar refractivity (Wildman–Crippen MR) is 41.9 cm³/mol. The van der Waals surface area contributed by atoms with Gasteiger partial charge in [0.2, 0.25) is 0 Å². The van der Waals surface area contributed by atoms with Crippen LogP contribution in [0.15, 0.2) is 0 Å². The molecule has 0 aromatic rings.